The van der Waals surface area contributed by atoms with Crippen LogP contribution in [0.4, 0.5) is 4.39 Å². The summed E-state index contributed by atoms with van der Waals surface area (Å²) in [6.07, 6.45) is 0.160. The first kappa shape index (κ1) is 18.2. The molecule has 0 bridgehead atoms. The maximum Gasteiger partial charge on any atom is 0.305 e. The van der Waals surface area contributed by atoms with Gasteiger partial charge in [0, 0.05) is 5.92 Å². The number of benzene rings is 1. The quantitative estimate of drug-likeness (QED) is 0.750. The molecule has 22 heavy (non-hydrogen) atoms. The van der Waals surface area contributed by atoms with Gasteiger partial charge in [0.15, 0.2) is 0 Å². The van der Waals surface area contributed by atoms with Crippen molar-refractivity contribution in [2.24, 2.45) is 5.92 Å². The first-order chi connectivity index (χ1) is 10.2. The second-order valence-electron chi connectivity index (χ2n) is 5.39. The molecule has 1 aromatic carbocycles. The Labute approximate surface area is 134 Å². The van der Waals surface area contributed by atoms with E-state index in [1.807, 2.05) is 6.92 Å². The van der Waals surface area contributed by atoms with Crippen molar-refractivity contribution in [1.82, 2.24) is 5.32 Å². The van der Waals surface area contributed by atoms with E-state index in [2.05, 4.69) is 11.9 Å². The van der Waals surface area contributed by atoms with Crippen LogP contribution < -0.4 is 5.32 Å². The summed E-state index contributed by atoms with van der Waals surface area (Å²) < 4.78 is 13.5. The van der Waals surface area contributed by atoms with Crippen LogP contribution in [0.15, 0.2) is 30.4 Å². The maximum absolute atomic E-state index is 13.5. The van der Waals surface area contributed by atoms with Gasteiger partial charge in [0.1, 0.15) is 5.82 Å². The van der Waals surface area contributed by atoms with Crippen molar-refractivity contribution in [3.05, 3.63) is 46.8 Å². The van der Waals surface area contributed by atoms with E-state index in [1.54, 1.807) is 6.92 Å². The molecule has 0 aromatic heterocycles. The van der Waals surface area contributed by atoms with Crippen LogP contribution in [-0.2, 0) is 9.59 Å². The predicted octanol–water partition coefficient (Wildman–Crippen LogP) is 3.71. The number of amides is 1. The SMILES string of the molecule is C=C(C)CC(C)C(=O)NC(CC(=O)O)c1ccc(Cl)c(F)c1. The Morgan fingerprint density at radius 1 is 1.41 bits per heavy atom. The molecular weight excluding hydrogens is 309 g/mol. The van der Waals surface area contributed by atoms with E-state index in [4.69, 9.17) is 16.7 Å². The molecule has 0 aliphatic heterocycles. The zero-order chi connectivity index (χ0) is 16.9. The van der Waals surface area contributed by atoms with Crippen LogP contribution in [0.5, 0.6) is 0 Å². The first-order valence-electron chi connectivity index (χ1n) is 6.82. The molecule has 2 unspecified atom stereocenters. The van der Waals surface area contributed by atoms with Crippen molar-refractivity contribution >= 4 is 23.5 Å². The molecular formula is C16H19ClFNO3. The number of hydrogen-bond acceptors (Lipinski definition) is 2. The summed E-state index contributed by atoms with van der Waals surface area (Å²) in [5.74, 6) is -2.39. The fourth-order valence-corrected chi connectivity index (χ4v) is 2.20. The average molecular weight is 328 g/mol. The number of carbonyl (C=O) groups is 2. The van der Waals surface area contributed by atoms with Crippen molar-refractivity contribution in [3.8, 4) is 0 Å². The summed E-state index contributed by atoms with van der Waals surface area (Å²) in [5.41, 5.74) is 1.22. The molecule has 0 aliphatic carbocycles. The number of carboxylic acids is 1. The van der Waals surface area contributed by atoms with E-state index in [-0.39, 0.29) is 23.3 Å². The molecule has 0 saturated carbocycles. The van der Waals surface area contributed by atoms with Gasteiger partial charge in [-0.05, 0) is 31.0 Å². The van der Waals surface area contributed by atoms with E-state index < -0.39 is 17.8 Å². The third-order valence-electron chi connectivity index (χ3n) is 3.14. The van der Waals surface area contributed by atoms with Crippen LogP contribution in [0.2, 0.25) is 5.02 Å². The van der Waals surface area contributed by atoms with Crippen molar-refractivity contribution in [3.63, 3.8) is 0 Å². The molecule has 1 aromatic rings. The molecule has 0 aliphatic rings. The molecule has 6 heteroatoms. The standard InChI is InChI=1S/C16H19ClFNO3/c1-9(2)6-10(3)16(22)19-14(8-15(20)21)11-4-5-12(17)13(18)7-11/h4-5,7,10,14H,1,6,8H2,2-3H3,(H,19,22)(H,20,21). The van der Waals surface area contributed by atoms with Crippen molar-refractivity contribution < 1.29 is 19.1 Å². The Morgan fingerprint density at radius 2 is 2.05 bits per heavy atom. The number of hydrogen-bond donors (Lipinski definition) is 2. The largest absolute Gasteiger partial charge is 0.481 e. The van der Waals surface area contributed by atoms with E-state index in [0.717, 1.165) is 11.6 Å². The molecule has 1 rings (SSSR count). The maximum atomic E-state index is 13.5. The first-order valence-corrected chi connectivity index (χ1v) is 7.20. The highest BCUT2D eigenvalue weighted by atomic mass is 35.5. The number of carbonyl (C=O) groups excluding carboxylic acids is 1. The minimum atomic E-state index is -1.09. The molecule has 0 saturated heterocycles. The molecule has 2 N–H and O–H groups in total. The van der Waals surface area contributed by atoms with Crippen LogP contribution in [0.25, 0.3) is 0 Å². The molecule has 1 amide bonds. The smallest absolute Gasteiger partial charge is 0.305 e. The molecule has 0 fully saturated rings. The van der Waals surface area contributed by atoms with Gasteiger partial charge in [-0.2, -0.15) is 0 Å². The van der Waals surface area contributed by atoms with Gasteiger partial charge >= 0.3 is 5.97 Å². The van der Waals surface area contributed by atoms with Gasteiger partial charge in [-0.1, -0.05) is 30.2 Å². The second-order valence-corrected chi connectivity index (χ2v) is 5.80. The lowest BCUT2D eigenvalue weighted by atomic mass is 9.99. The Hall–Kier alpha value is -1.88. The van der Waals surface area contributed by atoms with Gasteiger partial charge in [0.25, 0.3) is 0 Å². The number of nitrogens with one attached hydrogen (secondary N) is 1. The van der Waals surface area contributed by atoms with Crippen molar-refractivity contribution in [2.45, 2.75) is 32.7 Å². The lowest BCUT2D eigenvalue weighted by molar-refractivity contribution is -0.137. The normalized spacial score (nSPS) is 13.3. The minimum absolute atomic E-state index is 0.0557. The van der Waals surface area contributed by atoms with Gasteiger partial charge < -0.3 is 10.4 Å². The van der Waals surface area contributed by atoms with E-state index in [1.165, 1.54) is 12.1 Å². The summed E-state index contributed by atoms with van der Waals surface area (Å²) in [6.45, 7) is 7.29. The van der Waals surface area contributed by atoms with Crippen LogP contribution in [0.1, 0.15) is 38.3 Å². The number of aliphatic carboxylic acids is 1. The number of allylic oxidation sites excluding steroid dienone is 1. The number of carboxylic acid groups (broad SMARTS) is 1. The third-order valence-corrected chi connectivity index (χ3v) is 3.45. The highest BCUT2D eigenvalue weighted by Gasteiger charge is 2.22. The van der Waals surface area contributed by atoms with Gasteiger partial charge in [0.2, 0.25) is 5.91 Å². The molecule has 120 valence electrons. The summed E-state index contributed by atoms with van der Waals surface area (Å²) in [4.78, 5) is 23.1. The summed E-state index contributed by atoms with van der Waals surface area (Å²) in [7, 11) is 0. The fourth-order valence-electron chi connectivity index (χ4n) is 2.09. The van der Waals surface area contributed by atoms with E-state index in [9.17, 15) is 14.0 Å². The van der Waals surface area contributed by atoms with Gasteiger partial charge in [-0.15, -0.1) is 6.58 Å². The van der Waals surface area contributed by atoms with Crippen LogP contribution >= 0.6 is 11.6 Å². The summed E-state index contributed by atoms with van der Waals surface area (Å²) >= 11 is 5.62. The Morgan fingerprint density at radius 3 is 2.55 bits per heavy atom. The minimum Gasteiger partial charge on any atom is -0.481 e. The van der Waals surface area contributed by atoms with Crippen LogP contribution in [0.3, 0.4) is 0 Å². The van der Waals surface area contributed by atoms with Crippen LogP contribution in [0, 0.1) is 11.7 Å². The molecule has 0 spiro atoms. The molecule has 2 atom stereocenters. The highest BCUT2D eigenvalue weighted by Crippen LogP contribution is 2.23. The molecule has 0 radical (unpaired) electrons. The second kappa shape index (κ2) is 7.94. The topological polar surface area (TPSA) is 66.4 Å². The third kappa shape index (κ3) is 5.48. The lowest BCUT2D eigenvalue weighted by Crippen LogP contribution is -2.34. The monoisotopic (exact) mass is 327 g/mol. The average Bonchev–Trinajstić information content (AvgIpc) is 2.39. The summed E-state index contributed by atoms with van der Waals surface area (Å²) in [5, 5.41) is 11.6. The van der Waals surface area contributed by atoms with E-state index >= 15 is 0 Å². The van der Waals surface area contributed by atoms with Gasteiger partial charge in [0.05, 0.1) is 17.5 Å². The zero-order valence-electron chi connectivity index (χ0n) is 12.5. The molecule has 0 heterocycles. The predicted molar refractivity (Wildman–Crippen MR) is 83.1 cm³/mol. The number of halogens is 2. The Kier molecular flexibility index (Phi) is 6.56. The Balaban J connectivity index is 2.93. The zero-order valence-corrected chi connectivity index (χ0v) is 13.3. The van der Waals surface area contributed by atoms with Crippen LogP contribution in [-0.4, -0.2) is 17.0 Å². The van der Waals surface area contributed by atoms with Crippen molar-refractivity contribution in [1.29, 1.82) is 0 Å². The van der Waals surface area contributed by atoms with Crippen molar-refractivity contribution in [2.75, 3.05) is 0 Å². The number of rotatable bonds is 7. The molecule has 4 nitrogen and oxygen atoms in total. The lowest BCUT2D eigenvalue weighted by Gasteiger charge is -2.20. The highest BCUT2D eigenvalue weighted by molar-refractivity contribution is 6.30. The van der Waals surface area contributed by atoms with Gasteiger partial charge in [-0.25, -0.2) is 4.39 Å². The summed E-state index contributed by atoms with van der Waals surface area (Å²) in [6, 6.07) is 3.16. The van der Waals surface area contributed by atoms with Gasteiger partial charge in [-0.3, -0.25) is 9.59 Å². The Bertz CT molecular complexity index is 589. The van der Waals surface area contributed by atoms with E-state index in [0.29, 0.717) is 12.0 Å². The fraction of sp³-hybridized carbons (Fsp3) is 0.375.